The minimum Gasteiger partial charge on any atom is -0.465 e. The summed E-state index contributed by atoms with van der Waals surface area (Å²) in [7, 11) is -3.00. The summed E-state index contributed by atoms with van der Waals surface area (Å²) in [6, 6.07) is 18.4. The molecule has 116 valence electrons. The molecule has 0 heterocycles. The Hall–Kier alpha value is -1.86. The van der Waals surface area contributed by atoms with Crippen molar-refractivity contribution in [3.63, 3.8) is 0 Å². The molecule has 2 aromatic carbocycles. The van der Waals surface area contributed by atoms with Crippen LogP contribution in [0, 0.1) is 0 Å². The Morgan fingerprint density at radius 3 is 1.91 bits per heavy atom. The van der Waals surface area contributed by atoms with Gasteiger partial charge in [0.2, 0.25) is 0 Å². The van der Waals surface area contributed by atoms with E-state index in [4.69, 9.17) is 4.74 Å². The third-order valence-electron chi connectivity index (χ3n) is 3.46. The maximum atomic E-state index is 13.6. The molecule has 2 rings (SSSR count). The molecule has 0 radical (unpaired) electrons. The highest BCUT2D eigenvalue weighted by atomic mass is 31.2. The highest BCUT2D eigenvalue weighted by Crippen LogP contribution is 2.43. The van der Waals surface area contributed by atoms with E-state index < -0.39 is 13.1 Å². The van der Waals surface area contributed by atoms with Crippen molar-refractivity contribution < 1.29 is 14.1 Å². The van der Waals surface area contributed by atoms with E-state index in [9.17, 15) is 9.36 Å². The molecule has 0 aliphatic carbocycles. The first kappa shape index (κ1) is 16.5. The number of hydrogen-bond donors (Lipinski definition) is 0. The standard InChI is InChI=1S/C18H21O3P/c1-2-3-14-21-18(19)15-22(20,16-10-6-4-7-11-16)17-12-8-5-9-13-17/h4-13H,2-3,14-15H2,1H3. The van der Waals surface area contributed by atoms with Gasteiger partial charge >= 0.3 is 5.97 Å². The van der Waals surface area contributed by atoms with Crippen molar-refractivity contribution in [3.8, 4) is 0 Å². The van der Waals surface area contributed by atoms with Crippen LogP contribution in [-0.2, 0) is 14.1 Å². The van der Waals surface area contributed by atoms with E-state index >= 15 is 0 Å². The molecule has 0 amide bonds. The van der Waals surface area contributed by atoms with Gasteiger partial charge in [-0.05, 0) is 6.42 Å². The van der Waals surface area contributed by atoms with Gasteiger partial charge in [-0.1, -0.05) is 74.0 Å². The van der Waals surface area contributed by atoms with E-state index in [1.165, 1.54) is 0 Å². The van der Waals surface area contributed by atoms with Crippen LogP contribution >= 0.6 is 7.14 Å². The van der Waals surface area contributed by atoms with Gasteiger partial charge < -0.3 is 9.30 Å². The second-order valence-corrected chi connectivity index (χ2v) is 7.97. The molecular weight excluding hydrogens is 295 g/mol. The van der Waals surface area contributed by atoms with Crippen molar-refractivity contribution in [3.05, 3.63) is 60.7 Å². The third kappa shape index (κ3) is 4.08. The van der Waals surface area contributed by atoms with E-state index in [0.29, 0.717) is 17.2 Å². The minimum absolute atomic E-state index is 0.0925. The number of carbonyl (C=O) groups excluding carboxylic acids is 1. The lowest BCUT2D eigenvalue weighted by Gasteiger charge is -2.18. The Morgan fingerprint density at radius 2 is 1.45 bits per heavy atom. The first-order valence-corrected chi connectivity index (χ1v) is 9.42. The number of carbonyl (C=O) groups is 1. The van der Waals surface area contributed by atoms with Crippen LogP contribution in [0.4, 0.5) is 0 Å². The van der Waals surface area contributed by atoms with E-state index in [1.807, 2.05) is 67.6 Å². The number of hydrogen-bond acceptors (Lipinski definition) is 3. The minimum atomic E-state index is -3.00. The molecule has 0 aromatic heterocycles. The van der Waals surface area contributed by atoms with Crippen LogP contribution in [-0.4, -0.2) is 18.7 Å². The molecule has 3 nitrogen and oxygen atoms in total. The average Bonchev–Trinajstić information content (AvgIpc) is 2.56. The van der Waals surface area contributed by atoms with Gasteiger partial charge in [0.05, 0.1) is 6.61 Å². The van der Waals surface area contributed by atoms with Gasteiger partial charge in [-0.25, -0.2) is 0 Å². The number of ether oxygens (including phenoxy) is 1. The summed E-state index contributed by atoms with van der Waals surface area (Å²) in [5.74, 6) is -0.399. The highest BCUT2D eigenvalue weighted by Gasteiger charge is 2.30. The van der Waals surface area contributed by atoms with Gasteiger partial charge in [0, 0.05) is 10.6 Å². The van der Waals surface area contributed by atoms with Crippen LogP contribution < -0.4 is 10.6 Å². The van der Waals surface area contributed by atoms with Gasteiger partial charge in [0.25, 0.3) is 0 Å². The van der Waals surface area contributed by atoms with Crippen LogP contribution in [0.15, 0.2) is 60.7 Å². The fourth-order valence-corrected chi connectivity index (χ4v) is 4.65. The van der Waals surface area contributed by atoms with Crippen molar-refractivity contribution in [2.24, 2.45) is 0 Å². The van der Waals surface area contributed by atoms with Crippen LogP contribution in [0.2, 0.25) is 0 Å². The molecule has 0 spiro atoms. The molecule has 0 fully saturated rings. The van der Waals surface area contributed by atoms with E-state index in [-0.39, 0.29) is 6.16 Å². The zero-order valence-corrected chi connectivity index (χ0v) is 13.7. The summed E-state index contributed by atoms with van der Waals surface area (Å²) >= 11 is 0. The van der Waals surface area contributed by atoms with Crippen LogP contribution in [0.25, 0.3) is 0 Å². The third-order valence-corrected chi connectivity index (χ3v) is 6.43. The van der Waals surface area contributed by atoms with Crippen LogP contribution in [0.3, 0.4) is 0 Å². The lowest BCUT2D eigenvalue weighted by atomic mass is 10.4. The van der Waals surface area contributed by atoms with Crippen LogP contribution in [0.5, 0.6) is 0 Å². The second-order valence-electron chi connectivity index (χ2n) is 5.14. The molecule has 22 heavy (non-hydrogen) atoms. The predicted octanol–water partition coefficient (Wildman–Crippen LogP) is 3.34. The second kappa shape index (κ2) is 7.95. The molecule has 0 unspecified atom stereocenters. The maximum absolute atomic E-state index is 13.6. The van der Waals surface area contributed by atoms with Gasteiger partial charge in [-0.2, -0.15) is 0 Å². The van der Waals surface area contributed by atoms with E-state index in [1.54, 1.807) is 0 Å². The summed E-state index contributed by atoms with van der Waals surface area (Å²) < 4.78 is 18.8. The fraction of sp³-hybridized carbons (Fsp3) is 0.278. The lowest BCUT2D eigenvalue weighted by Crippen LogP contribution is -2.23. The van der Waals surface area contributed by atoms with Crippen molar-refractivity contribution in [1.29, 1.82) is 0 Å². The summed E-state index contributed by atoms with van der Waals surface area (Å²) in [5.41, 5.74) is 0. The maximum Gasteiger partial charge on any atom is 0.313 e. The lowest BCUT2D eigenvalue weighted by molar-refractivity contribution is -0.140. The zero-order valence-electron chi connectivity index (χ0n) is 12.8. The van der Waals surface area contributed by atoms with Gasteiger partial charge in [-0.3, -0.25) is 4.79 Å². The number of rotatable bonds is 7. The first-order chi connectivity index (χ1) is 10.7. The predicted molar refractivity (Wildman–Crippen MR) is 90.5 cm³/mol. The summed E-state index contributed by atoms with van der Waals surface area (Å²) in [4.78, 5) is 12.1. The van der Waals surface area contributed by atoms with Crippen molar-refractivity contribution in [2.75, 3.05) is 12.8 Å². The Labute approximate surface area is 131 Å². The smallest absolute Gasteiger partial charge is 0.313 e. The SMILES string of the molecule is CCCCOC(=O)CP(=O)(c1ccccc1)c1ccccc1. The van der Waals surface area contributed by atoms with E-state index in [0.717, 1.165) is 12.8 Å². The summed E-state index contributed by atoms with van der Waals surface area (Å²) in [6.07, 6.45) is 1.69. The largest absolute Gasteiger partial charge is 0.465 e. The molecule has 0 bridgehead atoms. The van der Waals surface area contributed by atoms with Gasteiger partial charge in [0.15, 0.2) is 7.14 Å². The Kier molecular flexibility index (Phi) is 5.97. The van der Waals surface area contributed by atoms with Gasteiger partial charge in [-0.15, -0.1) is 0 Å². The topological polar surface area (TPSA) is 43.4 Å². The monoisotopic (exact) mass is 316 g/mol. The van der Waals surface area contributed by atoms with Crippen molar-refractivity contribution >= 4 is 23.7 Å². The Balaban J connectivity index is 2.27. The number of unbranched alkanes of at least 4 members (excludes halogenated alkanes) is 1. The number of benzene rings is 2. The Morgan fingerprint density at radius 1 is 0.955 bits per heavy atom. The van der Waals surface area contributed by atoms with Crippen molar-refractivity contribution in [1.82, 2.24) is 0 Å². The fourth-order valence-electron chi connectivity index (χ4n) is 2.23. The number of esters is 1. The summed E-state index contributed by atoms with van der Waals surface area (Å²) in [5, 5.41) is 1.38. The molecule has 2 aromatic rings. The molecular formula is C18H21O3P. The molecule has 4 heteroatoms. The quantitative estimate of drug-likeness (QED) is 0.447. The molecule has 0 aliphatic rings. The summed E-state index contributed by atoms with van der Waals surface area (Å²) in [6.45, 7) is 2.42. The molecule has 0 saturated heterocycles. The molecule has 0 saturated carbocycles. The van der Waals surface area contributed by atoms with Crippen molar-refractivity contribution in [2.45, 2.75) is 19.8 Å². The normalized spacial score (nSPS) is 11.1. The van der Waals surface area contributed by atoms with Crippen LogP contribution in [0.1, 0.15) is 19.8 Å². The molecule has 0 atom stereocenters. The van der Waals surface area contributed by atoms with E-state index in [2.05, 4.69) is 0 Å². The molecule has 0 N–H and O–H groups in total. The first-order valence-electron chi connectivity index (χ1n) is 7.52. The average molecular weight is 316 g/mol. The Bertz CT molecular complexity index is 594. The zero-order chi connectivity index (χ0) is 15.8. The molecule has 0 aliphatic heterocycles. The highest BCUT2D eigenvalue weighted by molar-refractivity contribution is 7.79. The van der Waals surface area contributed by atoms with Gasteiger partial charge in [0.1, 0.15) is 6.16 Å².